The first-order valence-corrected chi connectivity index (χ1v) is 17.0. The van der Waals surface area contributed by atoms with Crippen molar-refractivity contribution >= 4 is 82.9 Å². The number of aromatic nitrogens is 1. The van der Waals surface area contributed by atoms with Crippen LogP contribution in [0.4, 0.5) is 9.80 Å². The largest absolute Gasteiger partial charge is 0.450 e. The molecule has 2 aliphatic heterocycles. The maximum absolute atomic E-state index is 13.7. The first kappa shape index (κ1) is 27.6. The van der Waals surface area contributed by atoms with Crippen molar-refractivity contribution in [3.05, 3.63) is 51.2 Å². The first-order valence-electron chi connectivity index (χ1n) is 12.8. The summed E-state index contributed by atoms with van der Waals surface area (Å²) in [6.07, 6.45) is 1.22. The SMILES string of the molecule is CCOC(=O)N1CCc2c(sc(NC(=O)C3CCCN3S(=O)(=O)c3ccc(Cl)s3)c2-c2nc3ccccc3s2)C1. The lowest BCUT2D eigenvalue weighted by atomic mass is 10.0. The number of para-hydroxylation sites is 1. The van der Waals surface area contributed by atoms with Crippen LogP contribution in [-0.4, -0.2) is 60.3 Å². The topological polar surface area (TPSA) is 109 Å². The van der Waals surface area contributed by atoms with Gasteiger partial charge in [0.15, 0.2) is 0 Å². The quantitative estimate of drug-likeness (QED) is 0.276. The molecule has 210 valence electrons. The molecule has 1 atom stereocenters. The molecule has 6 rings (SSSR count). The molecule has 0 saturated carbocycles. The second kappa shape index (κ2) is 11.0. The highest BCUT2D eigenvalue weighted by Gasteiger charge is 2.41. The van der Waals surface area contributed by atoms with Crippen LogP contribution in [0.2, 0.25) is 4.34 Å². The maximum atomic E-state index is 13.7. The van der Waals surface area contributed by atoms with E-state index in [4.69, 9.17) is 21.3 Å². The number of carbonyl (C=O) groups is 2. The summed E-state index contributed by atoms with van der Waals surface area (Å²) in [5.41, 5.74) is 2.76. The van der Waals surface area contributed by atoms with E-state index < -0.39 is 16.1 Å². The summed E-state index contributed by atoms with van der Waals surface area (Å²) in [4.78, 5) is 33.6. The molecule has 5 heterocycles. The van der Waals surface area contributed by atoms with Crippen molar-refractivity contribution in [2.75, 3.05) is 25.0 Å². The summed E-state index contributed by atoms with van der Waals surface area (Å²) < 4.78 is 34.7. The predicted octanol–water partition coefficient (Wildman–Crippen LogP) is 6.05. The maximum Gasteiger partial charge on any atom is 0.410 e. The molecule has 1 unspecified atom stereocenters. The Bertz CT molecular complexity index is 1680. The van der Waals surface area contributed by atoms with Crippen LogP contribution in [0.5, 0.6) is 0 Å². The van der Waals surface area contributed by atoms with E-state index in [0.29, 0.717) is 48.3 Å². The molecule has 14 heteroatoms. The molecule has 1 N–H and O–H groups in total. The molecule has 0 spiro atoms. The van der Waals surface area contributed by atoms with Gasteiger partial charge in [-0.15, -0.1) is 34.0 Å². The van der Waals surface area contributed by atoms with Gasteiger partial charge in [-0.1, -0.05) is 23.7 Å². The number of carbonyl (C=O) groups excluding carboxylic acids is 2. The number of hydrogen-bond donors (Lipinski definition) is 1. The van der Waals surface area contributed by atoms with Crippen LogP contribution in [0, 0.1) is 0 Å². The van der Waals surface area contributed by atoms with Crippen LogP contribution < -0.4 is 5.32 Å². The van der Waals surface area contributed by atoms with Crippen molar-refractivity contribution < 1.29 is 22.7 Å². The number of thiophene rings is 2. The highest BCUT2D eigenvalue weighted by molar-refractivity contribution is 7.91. The summed E-state index contributed by atoms with van der Waals surface area (Å²) >= 11 is 9.93. The van der Waals surface area contributed by atoms with E-state index in [1.807, 2.05) is 24.3 Å². The summed E-state index contributed by atoms with van der Waals surface area (Å²) in [5.74, 6) is -0.382. The van der Waals surface area contributed by atoms with Gasteiger partial charge in [0.25, 0.3) is 10.0 Å². The predicted molar refractivity (Wildman–Crippen MR) is 159 cm³/mol. The van der Waals surface area contributed by atoms with Crippen molar-refractivity contribution in [1.82, 2.24) is 14.2 Å². The molecule has 1 saturated heterocycles. The van der Waals surface area contributed by atoms with E-state index in [1.165, 1.54) is 21.7 Å². The van der Waals surface area contributed by atoms with E-state index in [0.717, 1.165) is 42.6 Å². The van der Waals surface area contributed by atoms with Crippen LogP contribution in [-0.2, 0) is 32.5 Å². The molecule has 0 aliphatic carbocycles. The Balaban J connectivity index is 1.35. The normalized spacial score (nSPS) is 17.8. The summed E-state index contributed by atoms with van der Waals surface area (Å²) in [7, 11) is -3.87. The minimum Gasteiger partial charge on any atom is -0.450 e. The molecule has 4 aromatic rings. The van der Waals surface area contributed by atoms with Gasteiger partial charge in [0.1, 0.15) is 20.3 Å². The number of anilines is 1. The number of thiazole rings is 1. The third-order valence-electron chi connectivity index (χ3n) is 6.95. The molecule has 40 heavy (non-hydrogen) atoms. The third-order valence-corrected chi connectivity index (χ3v) is 12.7. The summed E-state index contributed by atoms with van der Waals surface area (Å²) in [6, 6.07) is 10.0. The zero-order chi connectivity index (χ0) is 28.0. The minimum absolute atomic E-state index is 0.123. The van der Waals surface area contributed by atoms with Crippen molar-refractivity contribution in [2.45, 2.75) is 43.0 Å². The lowest BCUT2D eigenvalue weighted by Crippen LogP contribution is -2.42. The minimum atomic E-state index is -3.87. The fraction of sp³-hybridized carbons (Fsp3) is 0.346. The average molecular weight is 637 g/mol. The monoisotopic (exact) mass is 636 g/mol. The van der Waals surface area contributed by atoms with Crippen LogP contribution >= 0.6 is 45.6 Å². The number of sulfonamides is 1. The Kier molecular flexibility index (Phi) is 7.61. The zero-order valence-corrected chi connectivity index (χ0v) is 25.4. The Labute approximate surface area is 248 Å². The molecule has 2 amide bonds. The Morgan fingerprint density at radius 3 is 2.73 bits per heavy atom. The lowest BCUT2D eigenvalue weighted by Gasteiger charge is -2.26. The third kappa shape index (κ3) is 5.03. The van der Waals surface area contributed by atoms with Gasteiger partial charge >= 0.3 is 6.09 Å². The highest BCUT2D eigenvalue weighted by atomic mass is 35.5. The number of nitrogens with zero attached hydrogens (tertiary/aromatic N) is 3. The standard InChI is InChI=1S/C26H25ClN4O5S4/c1-2-36-26(33)30-13-11-15-19(14-30)38-25(22(15)24-28-16-6-3-4-8-18(16)37-24)29-23(32)17-7-5-12-31(17)40(34,35)21-10-9-20(27)39-21/h3-4,6,8-10,17H,2,5,7,11-14H2,1H3,(H,29,32). The van der Waals surface area contributed by atoms with E-state index >= 15 is 0 Å². The number of rotatable bonds is 6. The molecule has 3 aromatic heterocycles. The number of nitrogens with one attached hydrogen (secondary N) is 1. The van der Waals surface area contributed by atoms with Crippen molar-refractivity contribution in [2.24, 2.45) is 0 Å². The van der Waals surface area contributed by atoms with Gasteiger partial charge in [-0.05, 0) is 56.0 Å². The van der Waals surface area contributed by atoms with Gasteiger partial charge in [-0.2, -0.15) is 4.31 Å². The number of fused-ring (bicyclic) bond motifs is 2. The molecular weight excluding hydrogens is 612 g/mol. The summed E-state index contributed by atoms with van der Waals surface area (Å²) in [5, 5.41) is 4.46. The fourth-order valence-corrected chi connectivity index (χ4v) is 10.7. The van der Waals surface area contributed by atoms with Gasteiger partial charge in [0.2, 0.25) is 5.91 Å². The number of amides is 2. The number of benzene rings is 1. The van der Waals surface area contributed by atoms with Crippen molar-refractivity contribution in [3.63, 3.8) is 0 Å². The molecule has 1 fully saturated rings. The smallest absolute Gasteiger partial charge is 0.410 e. The van der Waals surface area contributed by atoms with Crippen LogP contribution in [0.25, 0.3) is 20.8 Å². The van der Waals surface area contributed by atoms with E-state index in [9.17, 15) is 18.0 Å². The average Bonchev–Trinajstić information content (AvgIpc) is 3.72. The number of halogens is 1. The Hall–Kier alpha value is -2.55. The van der Waals surface area contributed by atoms with E-state index in [-0.39, 0.29) is 22.8 Å². The van der Waals surface area contributed by atoms with Crippen molar-refractivity contribution in [3.8, 4) is 10.6 Å². The van der Waals surface area contributed by atoms with Gasteiger partial charge in [-0.25, -0.2) is 18.2 Å². The molecule has 2 aliphatic rings. The number of hydrogen-bond acceptors (Lipinski definition) is 9. The van der Waals surface area contributed by atoms with Crippen LogP contribution in [0.3, 0.4) is 0 Å². The van der Waals surface area contributed by atoms with E-state index in [1.54, 1.807) is 29.2 Å². The molecule has 0 radical (unpaired) electrons. The van der Waals surface area contributed by atoms with Gasteiger partial charge in [-0.3, -0.25) is 4.79 Å². The Morgan fingerprint density at radius 1 is 1.15 bits per heavy atom. The number of ether oxygens (including phenoxy) is 1. The second-order valence-electron chi connectivity index (χ2n) is 9.39. The molecular formula is C26H25ClN4O5S4. The summed E-state index contributed by atoms with van der Waals surface area (Å²) in [6.45, 7) is 3.19. The van der Waals surface area contributed by atoms with Gasteiger partial charge in [0, 0.05) is 23.5 Å². The second-order valence-corrected chi connectivity index (χ2v) is 15.4. The van der Waals surface area contributed by atoms with Gasteiger partial charge in [0.05, 0.1) is 27.7 Å². The zero-order valence-electron chi connectivity index (χ0n) is 21.4. The van der Waals surface area contributed by atoms with Crippen LogP contribution in [0.15, 0.2) is 40.6 Å². The highest BCUT2D eigenvalue weighted by Crippen LogP contribution is 2.46. The van der Waals surface area contributed by atoms with Crippen molar-refractivity contribution in [1.29, 1.82) is 0 Å². The molecule has 0 bridgehead atoms. The first-order chi connectivity index (χ1) is 19.3. The van der Waals surface area contributed by atoms with E-state index in [2.05, 4.69) is 5.32 Å². The Morgan fingerprint density at radius 2 is 1.98 bits per heavy atom. The molecule has 9 nitrogen and oxygen atoms in total. The van der Waals surface area contributed by atoms with Crippen LogP contribution in [0.1, 0.15) is 30.2 Å². The molecule has 1 aromatic carbocycles. The fourth-order valence-electron chi connectivity index (χ4n) is 5.10. The lowest BCUT2D eigenvalue weighted by molar-refractivity contribution is -0.119. The van der Waals surface area contributed by atoms with Gasteiger partial charge < -0.3 is 15.0 Å².